The highest BCUT2D eigenvalue weighted by Gasteiger charge is 2.32. The van der Waals surface area contributed by atoms with E-state index in [-0.39, 0.29) is 11.8 Å². The van der Waals surface area contributed by atoms with E-state index in [1.165, 1.54) is 6.92 Å². The van der Waals surface area contributed by atoms with Crippen LogP contribution in [-0.2, 0) is 9.59 Å². The summed E-state index contributed by atoms with van der Waals surface area (Å²) in [4.78, 5) is 25.7. The van der Waals surface area contributed by atoms with Crippen LogP contribution in [0.1, 0.15) is 25.3 Å². The minimum atomic E-state index is -0.395. The maximum atomic E-state index is 12.5. The molecule has 1 aliphatic heterocycles. The number of hydrogen-bond donors (Lipinski definition) is 1. The molecule has 1 aromatic heterocycles. The smallest absolute Gasteiger partial charge is 0.248 e. The van der Waals surface area contributed by atoms with Crippen molar-refractivity contribution in [2.24, 2.45) is 0 Å². The molecule has 1 fully saturated rings. The number of aryl methyl sites for hydroxylation is 1. The third kappa shape index (κ3) is 3.11. The van der Waals surface area contributed by atoms with Crippen molar-refractivity contribution in [1.82, 2.24) is 14.7 Å². The van der Waals surface area contributed by atoms with Gasteiger partial charge in [-0.05, 0) is 31.9 Å². The molecular formula is C17H20N4O2. The van der Waals surface area contributed by atoms with Crippen molar-refractivity contribution in [3.05, 3.63) is 42.1 Å². The van der Waals surface area contributed by atoms with Crippen LogP contribution in [0.4, 0.5) is 5.82 Å². The molecular weight excluding hydrogens is 292 g/mol. The van der Waals surface area contributed by atoms with Gasteiger partial charge >= 0.3 is 0 Å². The summed E-state index contributed by atoms with van der Waals surface area (Å²) in [5, 5.41) is 7.30. The number of carbonyl (C=O) groups is 2. The topological polar surface area (TPSA) is 67.2 Å². The van der Waals surface area contributed by atoms with Gasteiger partial charge in [-0.15, -0.1) is 5.10 Å². The number of aromatic nitrogens is 2. The summed E-state index contributed by atoms with van der Waals surface area (Å²) in [6, 6.07) is 9.33. The minimum absolute atomic E-state index is 0.0609. The molecule has 0 aliphatic carbocycles. The summed E-state index contributed by atoms with van der Waals surface area (Å²) in [5.74, 6) is 0.308. The maximum Gasteiger partial charge on any atom is 0.248 e. The second-order valence-electron chi connectivity index (χ2n) is 5.80. The lowest BCUT2D eigenvalue weighted by Crippen LogP contribution is -2.42. The second-order valence-corrected chi connectivity index (χ2v) is 5.80. The number of carbonyl (C=O) groups excluding carboxylic acids is 2. The molecule has 0 saturated carbocycles. The van der Waals surface area contributed by atoms with E-state index in [4.69, 9.17) is 0 Å². The van der Waals surface area contributed by atoms with Gasteiger partial charge in [0.05, 0.1) is 5.69 Å². The van der Waals surface area contributed by atoms with Gasteiger partial charge in [-0.25, -0.2) is 4.68 Å². The van der Waals surface area contributed by atoms with Crippen molar-refractivity contribution in [2.45, 2.75) is 32.7 Å². The first-order chi connectivity index (χ1) is 11.1. The number of nitrogens with one attached hydrogen (secondary N) is 1. The fourth-order valence-electron chi connectivity index (χ4n) is 2.91. The first-order valence-electron chi connectivity index (χ1n) is 7.76. The Morgan fingerprint density at radius 3 is 2.70 bits per heavy atom. The zero-order valence-electron chi connectivity index (χ0n) is 13.3. The molecule has 0 spiro atoms. The number of para-hydroxylation sites is 1. The Hall–Kier alpha value is -2.63. The highest BCUT2D eigenvalue weighted by Crippen LogP contribution is 2.21. The molecule has 0 bridgehead atoms. The van der Waals surface area contributed by atoms with E-state index in [2.05, 4.69) is 10.4 Å². The monoisotopic (exact) mass is 312 g/mol. The quantitative estimate of drug-likeness (QED) is 0.944. The molecule has 2 aromatic rings. The summed E-state index contributed by atoms with van der Waals surface area (Å²) in [7, 11) is 0. The number of amides is 2. The molecule has 6 heteroatoms. The van der Waals surface area contributed by atoms with Crippen LogP contribution in [0.2, 0.25) is 0 Å². The van der Waals surface area contributed by atoms with Crippen LogP contribution < -0.4 is 5.32 Å². The molecule has 2 heterocycles. The van der Waals surface area contributed by atoms with Gasteiger partial charge in [0.25, 0.3) is 0 Å². The Labute approximate surface area is 135 Å². The average Bonchev–Trinajstić information content (AvgIpc) is 3.16. The fraction of sp³-hybridized carbons (Fsp3) is 0.353. The standard InChI is InChI=1S/C17H20N4O2/c1-12-11-21(14-7-4-3-5-8-14)19-16(12)18-17(23)15-9-6-10-20(15)13(2)22/h3-5,7-8,11,15H,6,9-10H2,1-2H3,(H,18,19,23)/t15-/m1/s1. The number of likely N-dealkylation sites (tertiary alicyclic amines) is 1. The summed E-state index contributed by atoms with van der Waals surface area (Å²) < 4.78 is 1.74. The van der Waals surface area contributed by atoms with Crippen molar-refractivity contribution >= 4 is 17.6 Å². The van der Waals surface area contributed by atoms with E-state index in [1.54, 1.807) is 9.58 Å². The third-order valence-corrected chi connectivity index (χ3v) is 4.12. The van der Waals surface area contributed by atoms with Gasteiger partial charge in [0.1, 0.15) is 6.04 Å². The van der Waals surface area contributed by atoms with Crippen LogP contribution >= 0.6 is 0 Å². The molecule has 0 unspecified atom stereocenters. The lowest BCUT2D eigenvalue weighted by Gasteiger charge is -2.21. The maximum absolute atomic E-state index is 12.5. The molecule has 2 amide bonds. The van der Waals surface area contributed by atoms with E-state index in [1.807, 2.05) is 43.5 Å². The summed E-state index contributed by atoms with van der Waals surface area (Å²) >= 11 is 0. The second kappa shape index (κ2) is 6.24. The lowest BCUT2D eigenvalue weighted by molar-refractivity contribution is -0.134. The van der Waals surface area contributed by atoms with Crippen molar-refractivity contribution in [1.29, 1.82) is 0 Å². The van der Waals surface area contributed by atoms with E-state index >= 15 is 0 Å². The van der Waals surface area contributed by atoms with E-state index in [9.17, 15) is 9.59 Å². The molecule has 6 nitrogen and oxygen atoms in total. The number of anilines is 1. The van der Waals surface area contributed by atoms with Crippen LogP contribution in [0, 0.1) is 6.92 Å². The summed E-state index contributed by atoms with van der Waals surface area (Å²) in [6.07, 6.45) is 3.43. The van der Waals surface area contributed by atoms with Crippen LogP contribution in [0.15, 0.2) is 36.5 Å². The Morgan fingerprint density at radius 1 is 1.26 bits per heavy atom. The lowest BCUT2D eigenvalue weighted by atomic mass is 10.2. The Morgan fingerprint density at radius 2 is 2.00 bits per heavy atom. The van der Waals surface area contributed by atoms with Crippen molar-refractivity contribution < 1.29 is 9.59 Å². The minimum Gasteiger partial charge on any atom is -0.331 e. The van der Waals surface area contributed by atoms with E-state index in [0.29, 0.717) is 18.8 Å². The number of hydrogen-bond acceptors (Lipinski definition) is 3. The van der Waals surface area contributed by atoms with Crippen LogP contribution in [-0.4, -0.2) is 39.1 Å². The predicted octanol–water partition coefficient (Wildman–Crippen LogP) is 2.13. The van der Waals surface area contributed by atoms with Crippen LogP contribution in [0.3, 0.4) is 0 Å². The van der Waals surface area contributed by atoms with Gasteiger partial charge in [-0.1, -0.05) is 18.2 Å². The molecule has 3 rings (SSSR count). The molecule has 120 valence electrons. The third-order valence-electron chi connectivity index (χ3n) is 4.12. The van der Waals surface area contributed by atoms with E-state index < -0.39 is 6.04 Å². The zero-order chi connectivity index (χ0) is 16.4. The number of rotatable bonds is 3. The highest BCUT2D eigenvalue weighted by atomic mass is 16.2. The van der Waals surface area contributed by atoms with Crippen molar-refractivity contribution in [2.75, 3.05) is 11.9 Å². The van der Waals surface area contributed by atoms with Crippen LogP contribution in [0.5, 0.6) is 0 Å². The van der Waals surface area contributed by atoms with Crippen molar-refractivity contribution in [3.63, 3.8) is 0 Å². The van der Waals surface area contributed by atoms with Gasteiger partial charge in [0.15, 0.2) is 5.82 Å². The Bertz CT molecular complexity index is 723. The highest BCUT2D eigenvalue weighted by molar-refractivity contribution is 5.97. The summed E-state index contributed by atoms with van der Waals surface area (Å²) in [6.45, 7) is 4.05. The van der Waals surface area contributed by atoms with Gasteiger partial charge in [0, 0.05) is 25.2 Å². The molecule has 1 aliphatic rings. The molecule has 1 atom stereocenters. The average molecular weight is 312 g/mol. The largest absolute Gasteiger partial charge is 0.331 e. The Kier molecular flexibility index (Phi) is 4.14. The predicted molar refractivity (Wildman–Crippen MR) is 87.3 cm³/mol. The Balaban J connectivity index is 1.77. The van der Waals surface area contributed by atoms with Crippen molar-refractivity contribution in [3.8, 4) is 5.69 Å². The molecule has 0 radical (unpaired) electrons. The first-order valence-corrected chi connectivity index (χ1v) is 7.76. The van der Waals surface area contributed by atoms with Crippen LogP contribution in [0.25, 0.3) is 5.69 Å². The van der Waals surface area contributed by atoms with Gasteiger partial charge in [0.2, 0.25) is 11.8 Å². The van der Waals surface area contributed by atoms with Gasteiger partial charge in [-0.3, -0.25) is 9.59 Å². The van der Waals surface area contributed by atoms with E-state index in [0.717, 1.165) is 17.7 Å². The zero-order valence-corrected chi connectivity index (χ0v) is 13.3. The van der Waals surface area contributed by atoms with Gasteiger partial charge in [-0.2, -0.15) is 0 Å². The molecule has 1 saturated heterocycles. The summed E-state index contributed by atoms with van der Waals surface area (Å²) in [5.41, 5.74) is 1.82. The number of nitrogens with zero attached hydrogens (tertiary/aromatic N) is 3. The number of benzene rings is 1. The SMILES string of the molecule is CC(=O)N1CCC[C@@H]1C(=O)Nc1nn(-c2ccccc2)cc1C. The molecule has 1 aromatic carbocycles. The molecule has 23 heavy (non-hydrogen) atoms. The van der Waals surface area contributed by atoms with Gasteiger partial charge < -0.3 is 10.2 Å². The fourth-order valence-corrected chi connectivity index (χ4v) is 2.91. The normalized spacial score (nSPS) is 17.3. The first kappa shape index (κ1) is 15.3. The molecule has 1 N–H and O–H groups in total.